The summed E-state index contributed by atoms with van der Waals surface area (Å²) in [5, 5.41) is 12.5. The predicted octanol–water partition coefficient (Wildman–Crippen LogP) is 16.4. The Morgan fingerprint density at radius 3 is 1.59 bits per heavy atom. The molecule has 0 saturated heterocycles. The van der Waals surface area contributed by atoms with E-state index >= 15 is 0 Å². The second-order valence-electron chi connectivity index (χ2n) is 15.5. The normalized spacial score (nSPS) is 12.1. The average molecular weight is 753 g/mol. The SMILES string of the molecule is c1ccc(-c2oc3ccc4c(oc5cccc(-c6c7ccccc7c(-c7ccc8oc9cc%10ccccc%10cc9c8c7)c7ccccc67)c54)c3c2-c2ccccc2)cc1. The van der Waals surface area contributed by atoms with E-state index in [1.54, 1.807) is 0 Å². The monoisotopic (exact) mass is 752 g/mol. The summed E-state index contributed by atoms with van der Waals surface area (Å²) in [4.78, 5) is 0. The molecule has 0 bridgehead atoms. The average Bonchev–Trinajstić information content (AvgIpc) is 3.99. The molecule has 0 radical (unpaired) electrons. The van der Waals surface area contributed by atoms with E-state index in [0.717, 1.165) is 88.4 Å². The molecule has 0 aliphatic carbocycles. The van der Waals surface area contributed by atoms with Gasteiger partial charge in [-0.25, -0.2) is 0 Å². The van der Waals surface area contributed by atoms with Crippen LogP contribution < -0.4 is 0 Å². The molecular weight excluding hydrogens is 721 g/mol. The summed E-state index contributed by atoms with van der Waals surface area (Å²) in [7, 11) is 0. The van der Waals surface area contributed by atoms with Crippen molar-refractivity contribution < 1.29 is 13.3 Å². The van der Waals surface area contributed by atoms with Gasteiger partial charge in [-0.2, -0.15) is 0 Å². The van der Waals surface area contributed by atoms with Gasteiger partial charge in [-0.3, -0.25) is 0 Å². The quantitative estimate of drug-likeness (QED) is 0.168. The molecule has 59 heavy (non-hydrogen) atoms. The number of benzene rings is 10. The van der Waals surface area contributed by atoms with Gasteiger partial charge in [0, 0.05) is 32.7 Å². The first-order valence-electron chi connectivity index (χ1n) is 20.1. The lowest BCUT2D eigenvalue weighted by atomic mass is 9.84. The Kier molecular flexibility index (Phi) is 6.72. The van der Waals surface area contributed by atoms with Crippen molar-refractivity contribution in [3.05, 3.63) is 194 Å². The van der Waals surface area contributed by atoms with Gasteiger partial charge in [-0.15, -0.1) is 0 Å². The molecule has 0 spiro atoms. The summed E-state index contributed by atoms with van der Waals surface area (Å²) in [6.07, 6.45) is 0. The molecule has 0 unspecified atom stereocenters. The van der Waals surface area contributed by atoms with E-state index in [4.69, 9.17) is 13.3 Å². The van der Waals surface area contributed by atoms with Gasteiger partial charge in [-0.1, -0.05) is 152 Å². The van der Waals surface area contributed by atoms with Crippen LogP contribution in [0.5, 0.6) is 0 Å². The summed E-state index contributed by atoms with van der Waals surface area (Å²) in [5.74, 6) is 0.836. The van der Waals surface area contributed by atoms with E-state index < -0.39 is 0 Å². The zero-order chi connectivity index (χ0) is 38.6. The highest BCUT2D eigenvalue weighted by Gasteiger charge is 2.25. The van der Waals surface area contributed by atoms with Crippen molar-refractivity contribution in [3.63, 3.8) is 0 Å². The van der Waals surface area contributed by atoms with Crippen molar-refractivity contribution in [3.8, 4) is 44.7 Å². The van der Waals surface area contributed by atoms with Crippen LogP contribution in [0.3, 0.4) is 0 Å². The van der Waals surface area contributed by atoms with Crippen molar-refractivity contribution in [2.24, 2.45) is 0 Å². The number of furan rings is 3. The van der Waals surface area contributed by atoms with Crippen molar-refractivity contribution in [2.45, 2.75) is 0 Å². The fraction of sp³-hybridized carbons (Fsp3) is 0. The third-order valence-electron chi connectivity index (χ3n) is 12.2. The molecule has 0 amide bonds. The van der Waals surface area contributed by atoms with Crippen LogP contribution in [0.15, 0.2) is 207 Å². The summed E-state index contributed by atoms with van der Waals surface area (Å²) < 4.78 is 20.2. The van der Waals surface area contributed by atoms with Crippen LogP contribution in [0.2, 0.25) is 0 Å². The molecule has 0 saturated carbocycles. The zero-order valence-corrected chi connectivity index (χ0v) is 31.7. The third-order valence-corrected chi connectivity index (χ3v) is 12.2. The van der Waals surface area contributed by atoms with Crippen molar-refractivity contribution in [1.82, 2.24) is 0 Å². The smallest absolute Gasteiger partial charge is 0.147 e. The van der Waals surface area contributed by atoms with Gasteiger partial charge in [0.1, 0.15) is 33.7 Å². The minimum Gasteiger partial charge on any atom is -0.456 e. The number of hydrogen-bond donors (Lipinski definition) is 0. The lowest BCUT2D eigenvalue weighted by Crippen LogP contribution is -1.91. The van der Waals surface area contributed by atoms with Crippen LogP contribution in [-0.4, -0.2) is 0 Å². The number of rotatable bonds is 4. The first kappa shape index (κ1) is 32.2. The lowest BCUT2D eigenvalue weighted by molar-refractivity contribution is 0.631. The maximum Gasteiger partial charge on any atom is 0.147 e. The Balaban J connectivity index is 1.09. The molecule has 3 heteroatoms. The first-order valence-corrected chi connectivity index (χ1v) is 20.1. The minimum absolute atomic E-state index is 0.798. The molecule has 0 N–H and O–H groups in total. The third kappa shape index (κ3) is 4.70. The Hall–Kier alpha value is -7.88. The highest BCUT2D eigenvalue weighted by atomic mass is 16.3. The van der Waals surface area contributed by atoms with Crippen LogP contribution in [0.1, 0.15) is 0 Å². The highest BCUT2D eigenvalue weighted by molar-refractivity contribution is 6.28. The second kappa shape index (κ2) is 12.3. The first-order chi connectivity index (χ1) is 29.3. The maximum absolute atomic E-state index is 6.98. The van der Waals surface area contributed by atoms with Gasteiger partial charge in [-0.05, 0) is 103 Å². The van der Waals surface area contributed by atoms with Gasteiger partial charge >= 0.3 is 0 Å². The minimum atomic E-state index is 0.798. The molecular formula is C56H32O3. The summed E-state index contributed by atoms with van der Waals surface area (Å²) in [6, 6.07) is 68.9. The zero-order valence-electron chi connectivity index (χ0n) is 31.7. The van der Waals surface area contributed by atoms with Crippen LogP contribution >= 0.6 is 0 Å². The van der Waals surface area contributed by atoms with Crippen LogP contribution in [0.25, 0.3) is 132 Å². The summed E-state index contributed by atoms with van der Waals surface area (Å²) in [5.41, 5.74) is 12.1. The molecule has 274 valence electrons. The van der Waals surface area contributed by atoms with Gasteiger partial charge < -0.3 is 13.3 Å². The topological polar surface area (TPSA) is 39.4 Å². The van der Waals surface area contributed by atoms with Gasteiger partial charge in [0.05, 0.1) is 5.39 Å². The Morgan fingerprint density at radius 2 is 0.864 bits per heavy atom. The van der Waals surface area contributed by atoms with Crippen LogP contribution in [-0.2, 0) is 0 Å². The van der Waals surface area contributed by atoms with E-state index in [1.165, 1.54) is 43.4 Å². The molecule has 0 aliphatic rings. The molecule has 13 aromatic rings. The number of hydrogen-bond acceptors (Lipinski definition) is 3. The van der Waals surface area contributed by atoms with E-state index in [2.05, 4.69) is 188 Å². The molecule has 3 aromatic heterocycles. The van der Waals surface area contributed by atoms with E-state index in [1.807, 2.05) is 6.07 Å². The van der Waals surface area contributed by atoms with E-state index in [9.17, 15) is 0 Å². The van der Waals surface area contributed by atoms with Crippen LogP contribution in [0, 0.1) is 0 Å². The molecule has 13 rings (SSSR count). The summed E-state index contributed by atoms with van der Waals surface area (Å²) >= 11 is 0. The molecule has 0 fully saturated rings. The number of fused-ring (bicyclic) bond motifs is 11. The lowest BCUT2D eigenvalue weighted by Gasteiger charge is -2.18. The second-order valence-corrected chi connectivity index (χ2v) is 15.5. The van der Waals surface area contributed by atoms with Crippen LogP contribution in [0.4, 0.5) is 0 Å². The maximum atomic E-state index is 6.98. The van der Waals surface area contributed by atoms with Crippen molar-refractivity contribution in [1.29, 1.82) is 0 Å². The molecule has 3 heterocycles. The van der Waals surface area contributed by atoms with E-state index in [0.29, 0.717) is 0 Å². The van der Waals surface area contributed by atoms with Gasteiger partial charge in [0.15, 0.2) is 0 Å². The largest absolute Gasteiger partial charge is 0.456 e. The molecule has 0 atom stereocenters. The van der Waals surface area contributed by atoms with E-state index in [-0.39, 0.29) is 0 Å². The molecule has 10 aromatic carbocycles. The highest BCUT2D eigenvalue weighted by Crippen LogP contribution is 2.50. The molecule has 0 aliphatic heterocycles. The molecule has 3 nitrogen and oxygen atoms in total. The Labute approximate surface area is 337 Å². The van der Waals surface area contributed by atoms with Gasteiger partial charge in [0.2, 0.25) is 0 Å². The fourth-order valence-electron chi connectivity index (χ4n) is 9.70. The van der Waals surface area contributed by atoms with Crippen molar-refractivity contribution >= 4 is 87.2 Å². The van der Waals surface area contributed by atoms with Crippen molar-refractivity contribution in [2.75, 3.05) is 0 Å². The summed E-state index contributed by atoms with van der Waals surface area (Å²) in [6.45, 7) is 0. The predicted molar refractivity (Wildman–Crippen MR) is 245 cm³/mol. The Morgan fingerprint density at radius 1 is 0.271 bits per heavy atom. The fourth-order valence-corrected chi connectivity index (χ4v) is 9.70. The Bertz CT molecular complexity index is 3770. The standard InChI is InChI=1S/C56H32O3/c1-3-14-33(15-4-1)51-54-48(58-55(51)34-16-5-2-6-17-34)29-27-43-53-42(24-13-25-47(53)59-56(43)54)52-40-22-11-9-20-38(40)50(39-21-10-12-23-41(39)52)37-26-28-46-44(31-37)45-30-35-18-7-8-19-36(35)32-49(45)57-46/h1-32H. The van der Waals surface area contributed by atoms with Gasteiger partial charge in [0.25, 0.3) is 0 Å².